The number of benzene rings is 1. The van der Waals surface area contributed by atoms with Gasteiger partial charge in [-0.2, -0.15) is 12.6 Å². The molecule has 5 heteroatoms. The molecular weight excluding hydrogens is 224 g/mol. The third-order valence-corrected chi connectivity index (χ3v) is 2.77. The average Bonchev–Trinajstić information content (AvgIpc) is 2.56. The number of nitrogens with zero attached hydrogens (tertiary/aromatic N) is 1. The minimum atomic E-state index is -0.331. The van der Waals surface area contributed by atoms with Gasteiger partial charge in [0.05, 0.1) is 5.52 Å². The van der Waals surface area contributed by atoms with E-state index in [4.69, 9.17) is 4.42 Å². The number of hydrogen-bond donors (Lipinski definition) is 2. The van der Waals surface area contributed by atoms with E-state index in [9.17, 15) is 4.79 Å². The molecule has 0 saturated heterocycles. The summed E-state index contributed by atoms with van der Waals surface area (Å²) in [5, 5.41) is 3.27. The zero-order chi connectivity index (χ0) is 11.5. The van der Waals surface area contributed by atoms with Crippen LogP contribution in [0, 0.1) is 0 Å². The lowest BCUT2D eigenvalue weighted by Gasteiger charge is -2.04. The van der Waals surface area contributed by atoms with Crippen LogP contribution in [-0.4, -0.2) is 16.9 Å². The second-order valence-corrected chi connectivity index (χ2v) is 4.06. The lowest BCUT2D eigenvalue weighted by Crippen LogP contribution is -2.08. The van der Waals surface area contributed by atoms with Gasteiger partial charge in [-0.1, -0.05) is 0 Å². The molecule has 1 aromatic carbocycles. The second kappa shape index (κ2) is 4.65. The Bertz CT molecular complexity index is 544. The van der Waals surface area contributed by atoms with Gasteiger partial charge in [-0.3, -0.25) is 4.57 Å². The molecule has 2 rings (SSSR count). The van der Waals surface area contributed by atoms with E-state index in [1.54, 1.807) is 13.1 Å². The summed E-state index contributed by atoms with van der Waals surface area (Å²) in [6.07, 6.45) is 1.01. The highest BCUT2D eigenvalue weighted by Crippen LogP contribution is 2.17. The fraction of sp³-hybridized carbons (Fsp3) is 0.364. The van der Waals surface area contributed by atoms with Crippen LogP contribution in [0.4, 0.5) is 5.69 Å². The van der Waals surface area contributed by atoms with Crippen molar-refractivity contribution in [3.8, 4) is 0 Å². The van der Waals surface area contributed by atoms with Crippen molar-refractivity contribution < 1.29 is 4.42 Å². The standard InChI is InChI=1S/C11H14N2O2S/c1-13-9-7-8(12-5-2-6-16)3-4-10(9)15-11(13)14/h3-4,7,12,16H,2,5-6H2,1H3. The molecule has 0 radical (unpaired) electrons. The van der Waals surface area contributed by atoms with Crippen molar-refractivity contribution in [1.29, 1.82) is 0 Å². The normalized spacial score (nSPS) is 10.9. The fourth-order valence-electron chi connectivity index (χ4n) is 1.55. The summed E-state index contributed by atoms with van der Waals surface area (Å²) >= 11 is 4.15. The molecule has 4 nitrogen and oxygen atoms in total. The quantitative estimate of drug-likeness (QED) is 0.631. The second-order valence-electron chi connectivity index (χ2n) is 3.61. The van der Waals surface area contributed by atoms with E-state index < -0.39 is 0 Å². The lowest BCUT2D eigenvalue weighted by molar-refractivity contribution is 0.528. The number of anilines is 1. The van der Waals surface area contributed by atoms with Gasteiger partial charge >= 0.3 is 5.76 Å². The topological polar surface area (TPSA) is 47.2 Å². The minimum absolute atomic E-state index is 0.331. The first kappa shape index (κ1) is 11.1. The van der Waals surface area contributed by atoms with E-state index in [0.29, 0.717) is 5.58 Å². The molecule has 0 spiro atoms. The SMILES string of the molecule is Cn1c(=O)oc2ccc(NCCCS)cc21. The molecule has 0 unspecified atom stereocenters. The van der Waals surface area contributed by atoms with E-state index >= 15 is 0 Å². The van der Waals surface area contributed by atoms with Gasteiger partial charge in [0.15, 0.2) is 5.58 Å². The van der Waals surface area contributed by atoms with Gasteiger partial charge in [0.2, 0.25) is 0 Å². The minimum Gasteiger partial charge on any atom is -0.408 e. The van der Waals surface area contributed by atoms with Gasteiger partial charge in [-0.05, 0) is 30.4 Å². The summed E-state index contributed by atoms with van der Waals surface area (Å²) < 4.78 is 6.55. The Morgan fingerprint density at radius 3 is 3.06 bits per heavy atom. The Hall–Kier alpha value is -1.36. The number of thiol groups is 1. The zero-order valence-electron chi connectivity index (χ0n) is 9.06. The molecule has 0 bridgehead atoms. The van der Waals surface area contributed by atoms with Gasteiger partial charge in [-0.15, -0.1) is 0 Å². The van der Waals surface area contributed by atoms with Crippen molar-refractivity contribution >= 4 is 29.4 Å². The first-order valence-corrected chi connectivity index (χ1v) is 5.80. The van der Waals surface area contributed by atoms with Crippen LogP contribution < -0.4 is 11.1 Å². The maximum absolute atomic E-state index is 11.3. The first-order valence-electron chi connectivity index (χ1n) is 5.16. The van der Waals surface area contributed by atoms with Crippen molar-refractivity contribution in [2.45, 2.75) is 6.42 Å². The molecule has 0 aliphatic heterocycles. The van der Waals surface area contributed by atoms with Crippen LogP contribution in [0.1, 0.15) is 6.42 Å². The van der Waals surface area contributed by atoms with E-state index in [0.717, 1.165) is 29.9 Å². The van der Waals surface area contributed by atoms with E-state index in [1.807, 2.05) is 12.1 Å². The van der Waals surface area contributed by atoms with Crippen LogP contribution in [0.15, 0.2) is 27.4 Å². The van der Waals surface area contributed by atoms with Gasteiger partial charge in [-0.25, -0.2) is 4.79 Å². The number of hydrogen-bond acceptors (Lipinski definition) is 4. The summed E-state index contributed by atoms with van der Waals surface area (Å²) in [7, 11) is 1.70. The van der Waals surface area contributed by atoms with E-state index in [2.05, 4.69) is 17.9 Å². The highest BCUT2D eigenvalue weighted by atomic mass is 32.1. The number of aryl methyl sites for hydroxylation is 1. The van der Waals surface area contributed by atoms with Crippen molar-refractivity contribution in [2.75, 3.05) is 17.6 Å². The largest absolute Gasteiger partial charge is 0.419 e. The molecule has 0 amide bonds. The summed E-state index contributed by atoms with van der Waals surface area (Å²) in [5.74, 6) is 0.530. The molecule has 0 fully saturated rings. The molecule has 1 heterocycles. The highest BCUT2D eigenvalue weighted by Gasteiger charge is 2.05. The van der Waals surface area contributed by atoms with Crippen molar-refractivity contribution in [2.24, 2.45) is 7.05 Å². The van der Waals surface area contributed by atoms with Crippen LogP contribution in [0.2, 0.25) is 0 Å². The molecule has 1 aromatic heterocycles. The van der Waals surface area contributed by atoms with Crippen LogP contribution in [-0.2, 0) is 7.05 Å². The number of rotatable bonds is 4. The molecule has 2 aromatic rings. The molecule has 0 saturated carbocycles. The predicted octanol–water partition coefficient (Wildman–Crippen LogP) is 1.86. The Balaban J connectivity index is 2.28. The Morgan fingerprint density at radius 2 is 2.31 bits per heavy atom. The first-order chi connectivity index (χ1) is 7.72. The summed E-state index contributed by atoms with van der Waals surface area (Å²) in [6.45, 7) is 0.876. The van der Waals surface area contributed by atoms with Gasteiger partial charge in [0.25, 0.3) is 0 Å². The number of nitrogens with one attached hydrogen (secondary N) is 1. The molecule has 0 atom stereocenters. The lowest BCUT2D eigenvalue weighted by atomic mass is 10.3. The third-order valence-electron chi connectivity index (χ3n) is 2.46. The molecule has 1 N–H and O–H groups in total. The van der Waals surface area contributed by atoms with Gasteiger partial charge in [0, 0.05) is 19.3 Å². The fourth-order valence-corrected chi connectivity index (χ4v) is 1.71. The molecule has 0 aliphatic carbocycles. The van der Waals surface area contributed by atoms with Gasteiger partial charge < -0.3 is 9.73 Å². The summed E-state index contributed by atoms with van der Waals surface area (Å²) in [4.78, 5) is 11.3. The maximum Gasteiger partial charge on any atom is 0.419 e. The zero-order valence-corrected chi connectivity index (χ0v) is 9.96. The van der Waals surface area contributed by atoms with E-state index in [1.165, 1.54) is 4.57 Å². The Labute approximate surface area is 98.7 Å². The number of fused-ring (bicyclic) bond motifs is 1. The monoisotopic (exact) mass is 238 g/mol. The Morgan fingerprint density at radius 1 is 1.50 bits per heavy atom. The number of oxazole rings is 1. The summed E-state index contributed by atoms with van der Waals surface area (Å²) in [6, 6.07) is 5.63. The molecule has 86 valence electrons. The van der Waals surface area contributed by atoms with Crippen molar-refractivity contribution in [3.05, 3.63) is 28.7 Å². The maximum atomic E-state index is 11.3. The molecule has 16 heavy (non-hydrogen) atoms. The molecule has 0 aliphatic rings. The Kier molecular flexibility index (Phi) is 3.24. The van der Waals surface area contributed by atoms with Crippen LogP contribution >= 0.6 is 12.6 Å². The molecular formula is C11H14N2O2S. The van der Waals surface area contributed by atoms with Crippen molar-refractivity contribution in [3.63, 3.8) is 0 Å². The van der Waals surface area contributed by atoms with Gasteiger partial charge in [0.1, 0.15) is 0 Å². The smallest absolute Gasteiger partial charge is 0.408 e. The third kappa shape index (κ3) is 2.09. The van der Waals surface area contributed by atoms with Crippen LogP contribution in [0.5, 0.6) is 0 Å². The van der Waals surface area contributed by atoms with Crippen LogP contribution in [0.25, 0.3) is 11.1 Å². The number of aromatic nitrogens is 1. The average molecular weight is 238 g/mol. The summed E-state index contributed by atoms with van der Waals surface area (Å²) in [5.41, 5.74) is 2.42. The van der Waals surface area contributed by atoms with Crippen molar-refractivity contribution in [1.82, 2.24) is 4.57 Å². The predicted molar refractivity (Wildman–Crippen MR) is 68.4 cm³/mol. The highest BCUT2D eigenvalue weighted by molar-refractivity contribution is 7.80. The van der Waals surface area contributed by atoms with Crippen LogP contribution in [0.3, 0.4) is 0 Å². The van der Waals surface area contributed by atoms with E-state index in [-0.39, 0.29) is 5.76 Å².